The van der Waals surface area contributed by atoms with E-state index < -0.39 is 0 Å². The van der Waals surface area contributed by atoms with Crippen LogP contribution in [0.1, 0.15) is 39.5 Å². The Hall–Kier alpha value is -0.570. The maximum absolute atomic E-state index is 11.5. The van der Waals surface area contributed by atoms with Gasteiger partial charge in [0, 0.05) is 13.0 Å². The third-order valence-electron chi connectivity index (χ3n) is 3.22. The zero-order valence-electron chi connectivity index (χ0n) is 10.0. The average molecular weight is 212 g/mol. The number of piperidine rings is 1. The van der Waals surface area contributed by atoms with Crippen molar-refractivity contribution < 1.29 is 4.79 Å². The van der Waals surface area contributed by atoms with Gasteiger partial charge in [-0.25, -0.2) is 0 Å². The molecule has 1 rings (SSSR count). The smallest absolute Gasteiger partial charge is 0.220 e. The van der Waals surface area contributed by atoms with Gasteiger partial charge in [0.1, 0.15) is 0 Å². The van der Waals surface area contributed by atoms with E-state index in [-0.39, 0.29) is 5.91 Å². The van der Waals surface area contributed by atoms with Gasteiger partial charge in [0.05, 0.1) is 0 Å². The summed E-state index contributed by atoms with van der Waals surface area (Å²) in [5.41, 5.74) is 0. The normalized spacial score (nSPS) is 23.5. The molecule has 1 heterocycles. The molecule has 1 aliphatic rings. The van der Waals surface area contributed by atoms with Gasteiger partial charge in [-0.15, -0.1) is 0 Å². The second-order valence-corrected chi connectivity index (χ2v) is 4.73. The molecule has 0 aliphatic carbocycles. The van der Waals surface area contributed by atoms with Crippen LogP contribution in [0.2, 0.25) is 0 Å². The average Bonchev–Trinajstić information content (AvgIpc) is 2.27. The van der Waals surface area contributed by atoms with Crippen LogP contribution in [0.15, 0.2) is 0 Å². The van der Waals surface area contributed by atoms with Crippen LogP contribution in [-0.2, 0) is 4.79 Å². The van der Waals surface area contributed by atoms with E-state index in [9.17, 15) is 4.79 Å². The van der Waals surface area contributed by atoms with Crippen LogP contribution in [0.5, 0.6) is 0 Å². The summed E-state index contributed by atoms with van der Waals surface area (Å²) in [6.45, 7) is 7.30. The molecule has 0 aromatic rings. The number of rotatable bonds is 5. The highest BCUT2D eigenvalue weighted by atomic mass is 16.1. The van der Waals surface area contributed by atoms with Gasteiger partial charge in [-0.1, -0.05) is 20.3 Å². The van der Waals surface area contributed by atoms with Crippen molar-refractivity contribution in [3.8, 4) is 0 Å². The maximum Gasteiger partial charge on any atom is 0.220 e. The summed E-state index contributed by atoms with van der Waals surface area (Å²) in [5.74, 6) is 1.36. The van der Waals surface area contributed by atoms with E-state index in [4.69, 9.17) is 0 Å². The first-order valence-corrected chi connectivity index (χ1v) is 6.19. The van der Waals surface area contributed by atoms with Gasteiger partial charge in [0.25, 0.3) is 0 Å². The van der Waals surface area contributed by atoms with Gasteiger partial charge in [-0.3, -0.25) is 4.79 Å². The quantitative estimate of drug-likeness (QED) is 0.726. The molecule has 1 aliphatic heterocycles. The third-order valence-corrected chi connectivity index (χ3v) is 3.22. The molecule has 1 fully saturated rings. The fourth-order valence-corrected chi connectivity index (χ4v) is 1.89. The minimum Gasteiger partial charge on any atom is -0.356 e. The molecule has 3 nitrogen and oxygen atoms in total. The highest BCUT2D eigenvalue weighted by molar-refractivity contribution is 5.76. The van der Waals surface area contributed by atoms with Crippen molar-refractivity contribution in [3.63, 3.8) is 0 Å². The molecule has 0 saturated carbocycles. The molecular weight excluding hydrogens is 188 g/mol. The Labute approximate surface area is 93.0 Å². The van der Waals surface area contributed by atoms with Gasteiger partial charge < -0.3 is 10.6 Å². The van der Waals surface area contributed by atoms with Crippen molar-refractivity contribution in [2.24, 2.45) is 11.8 Å². The Balaban J connectivity index is 2.10. The number of hydrogen-bond acceptors (Lipinski definition) is 2. The maximum atomic E-state index is 11.5. The van der Waals surface area contributed by atoms with Gasteiger partial charge in [0.15, 0.2) is 0 Å². The monoisotopic (exact) mass is 212 g/mol. The second kappa shape index (κ2) is 6.83. The molecule has 0 spiro atoms. The van der Waals surface area contributed by atoms with Crippen molar-refractivity contribution in [3.05, 3.63) is 0 Å². The molecule has 0 radical (unpaired) electrons. The summed E-state index contributed by atoms with van der Waals surface area (Å²) in [4.78, 5) is 11.5. The lowest BCUT2D eigenvalue weighted by Crippen LogP contribution is -2.38. The molecule has 1 amide bonds. The largest absolute Gasteiger partial charge is 0.356 e. The molecule has 0 aromatic heterocycles. The number of hydrogen-bond donors (Lipinski definition) is 2. The highest BCUT2D eigenvalue weighted by Gasteiger charge is 2.14. The molecule has 88 valence electrons. The van der Waals surface area contributed by atoms with Gasteiger partial charge in [0.2, 0.25) is 5.91 Å². The summed E-state index contributed by atoms with van der Waals surface area (Å²) in [6.07, 6.45) is 4.25. The zero-order chi connectivity index (χ0) is 11.1. The highest BCUT2D eigenvalue weighted by Crippen LogP contribution is 2.09. The summed E-state index contributed by atoms with van der Waals surface area (Å²) < 4.78 is 0. The predicted octanol–water partition coefficient (Wildman–Crippen LogP) is 1.54. The van der Waals surface area contributed by atoms with Gasteiger partial charge in [-0.2, -0.15) is 0 Å². The topological polar surface area (TPSA) is 41.1 Å². The van der Waals surface area contributed by atoms with Crippen molar-refractivity contribution >= 4 is 5.91 Å². The fourth-order valence-electron chi connectivity index (χ4n) is 1.89. The summed E-state index contributed by atoms with van der Waals surface area (Å²) in [7, 11) is 0. The molecule has 1 saturated heterocycles. The lowest BCUT2D eigenvalue weighted by Gasteiger charge is -2.23. The molecular formula is C12H24N2O. The Kier molecular flexibility index (Phi) is 5.69. The van der Waals surface area contributed by atoms with Crippen LogP contribution in [0.25, 0.3) is 0 Å². The van der Waals surface area contributed by atoms with Crippen molar-refractivity contribution in [2.75, 3.05) is 19.6 Å². The van der Waals surface area contributed by atoms with Crippen LogP contribution in [-0.4, -0.2) is 25.5 Å². The molecule has 0 aromatic carbocycles. The van der Waals surface area contributed by atoms with E-state index in [0.717, 1.165) is 26.1 Å². The van der Waals surface area contributed by atoms with Crippen LogP contribution in [0.4, 0.5) is 0 Å². The Bertz CT molecular complexity index is 188. The van der Waals surface area contributed by atoms with Gasteiger partial charge in [-0.05, 0) is 37.8 Å². The van der Waals surface area contributed by atoms with Crippen LogP contribution in [0.3, 0.4) is 0 Å². The van der Waals surface area contributed by atoms with E-state index in [1.54, 1.807) is 0 Å². The van der Waals surface area contributed by atoms with Crippen LogP contribution < -0.4 is 10.6 Å². The van der Waals surface area contributed by atoms with Crippen molar-refractivity contribution in [2.45, 2.75) is 39.5 Å². The van der Waals surface area contributed by atoms with E-state index in [1.165, 1.54) is 12.8 Å². The number of nitrogens with one attached hydrogen (secondary N) is 2. The molecule has 2 N–H and O–H groups in total. The van der Waals surface area contributed by atoms with Crippen molar-refractivity contribution in [1.29, 1.82) is 0 Å². The standard InChI is InChI=1S/C12H24N2O/c1-3-10(2)7-12(15)14-9-11-5-4-6-13-8-11/h10-11,13H,3-9H2,1-2H3,(H,14,15). The lowest BCUT2D eigenvalue weighted by atomic mass is 9.99. The predicted molar refractivity (Wildman–Crippen MR) is 62.7 cm³/mol. The van der Waals surface area contributed by atoms with E-state index in [0.29, 0.717) is 18.3 Å². The Morgan fingerprint density at radius 1 is 1.60 bits per heavy atom. The first-order chi connectivity index (χ1) is 7.22. The van der Waals surface area contributed by atoms with E-state index >= 15 is 0 Å². The number of carbonyl (C=O) groups is 1. The molecule has 2 atom stereocenters. The Morgan fingerprint density at radius 2 is 2.40 bits per heavy atom. The first-order valence-electron chi connectivity index (χ1n) is 6.19. The molecule has 3 heteroatoms. The van der Waals surface area contributed by atoms with Gasteiger partial charge >= 0.3 is 0 Å². The molecule has 0 bridgehead atoms. The summed E-state index contributed by atoms with van der Waals surface area (Å²) in [6, 6.07) is 0. The third kappa shape index (κ3) is 5.17. The zero-order valence-corrected chi connectivity index (χ0v) is 10.0. The minimum atomic E-state index is 0.218. The second-order valence-electron chi connectivity index (χ2n) is 4.73. The Morgan fingerprint density at radius 3 is 3.00 bits per heavy atom. The SMILES string of the molecule is CCC(C)CC(=O)NCC1CCCNC1. The summed E-state index contributed by atoms with van der Waals surface area (Å²) >= 11 is 0. The minimum absolute atomic E-state index is 0.218. The number of amides is 1. The van der Waals surface area contributed by atoms with Crippen LogP contribution >= 0.6 is 0 Å². The van der Waals surface area contributed by atoms with E-state index in [2.05, 4.69) is 24.5 Å². The van der Waals surface area contributed by atoms with Crippen molar-refractivity contribution in [1.82, 2.24) is 10.6 Å². The van der Waals surface area contributed by atoms with Crippen LogP contribution in [0, 0.1) is 11.8 Å². The fraction of sp³-hybridized carbons (Fsp3) is 0.917. The number of carbonyl (C=O) groups excluding carboxylic acids is 1. The first kappa shape index (κ1) is 12.5. The summed E-state index contributed by atoms with van der Waals surface area (Å²) in [5, 5.41) is 6.40. The van der Waals surface area contributed by atoms with E-state index in [1.807, 2.05) is 0 Å². The lowest BCUT2D eigenvalue weighted by molar-refractivity contribution is -0.122. The molecule has 2 unspecified atom stereocenters. The molecule has 15 heavy (non-hydrogen) atoms.